The molecule has 2 aromatic rings. The van der Waals surface area contributed by atoms with Crippen LogP contribution in [0.2, 0.25) is 0 Å². The Morgan fingerprint density at radius 1 is 1.19 bits per heavy atom. The van der Waals surface area contributed by atoms with Crippen molar-refractivity contribution in [1.29, 1.82) is 0 Å². The van der Waals surface area contributed by atoms with E-state index in [0.717, 1.165) is 12.0 Å². The standard InChI is InChI=1S/C17H23NO2S/c1-14(10-17-8-5-9-21-17)18-11-16(19)13-20-12-15-6-3-2-4-7-15/h2-9,14,16,18-19H,10-13H2,1H3. The third-order valence-corrected chi connectivity index (χ3v) is 4.11. The van der Waals surface area contributed by atoms with Gasteiger partial charge < -0.3 is 15.2 Å². The van der Waals surface area contributed by atoms with E-state index in [1.165, 1.54) is 4.88 Å². The molecule has 3 nitrogen and oxygen atoms in total. The zero-order valence-electron chi connectivity index (χ0n) is 12.4. The van der Waals surface area contributed by atoms with Gasteiger partial charge in [0.25, 0.3) is 0 Å². The summed E-state index contributed by atoms with van der Waals surface area (Å²) in [5.74, 6) is 0. The van der Waals surface area contributed by atoms with Crippen LogP contribution in [0.3, 0.4) is 0 Å². The van der Waals surface area contributed by atoms with Crippen LogP contribution in [0.4, 0.5) is 0 Å². The van der Waals surface area contributed by atoms with Crippen LogP contribution in [0.25, 0.3) is 0 Å². The van der Waals surface area contributed by atoms with E-state index in [2.05, 4.69) is 29.8 Å². The highest BCUT2D eigenvalue weighted by atomic mass is 32.1. The minimum Gasteiger partial charge on any atom is -0.389 e. The molecule has 1 aromatic carbocycles. The molecule has 2 unspecified atom stereocenters. The fourth-order valence-electron chi connectivity index (χ4n) is 2.09. The molecule has 114 valence electrons. The summed E-state index contributed by atoms with van der Waals surface area (Å²) >= 11 is 1.77. The minimum absolute atomic E-state index is 0.354. The maximum Gasteiger partial charge on any atom is 0.0897 e. The van der Waals surface area contributed by atoms with Gasteiger partial charge >= 0.3 is 0 Å². The van der Waals surface area contributed by atoms with Gasteiger partial charge in [0.05, 0.1) is 19.3 Å². The molecule has 0 aliphatic heterocycles. The largest absolute Gasteiger partial charge is 0.389 e. The molecule has 0 aliphatic rings. The summed E-state index contributed by atoms with van der Waals surface area (Å²) in [5.41, 5.74) is 1.13. The molecular formula is C17H23NO2S. The molecule has 0 fully saturated rings. The van der Waals surface area contributed by atoms with Gasteiger partial charge in [0.15, 0.2) is 0 Å². The molecular weight excluding hydrogens is 282 g/mol. The minimum atomic E-state index is -0.473. The van der Waals surface area contributed by atoms with E-state index in [4.69, 9.17) is 4.74 Å². The Kier molecular flexibility index (Phi) is 6.89. The quantitative estimate of drug-likeness (QED) is 0.748. The Morgan fingerprint density at radius 2 is 2.00 bits per heavy atom. The van der Waals surface area contributed by atoms with Crippen molar-refractivity contribution in [1.82, 2.24) is 5.32 Å². The van der Waals surface area contributed by atoms with Gasteiger partial charge in [-0.1, -0.05) is 36.4 Å². The Labute approximate surface area is 130 Å². The van der Waals surface area contributed by atoms with Crippen LogP contribution < -0.4 is 5.32 Å². The first kappa shape index (κ1) is 16.2. The molecule has 0 radical (unpaired) electrons. The van der Waals surface area contributed by atoms with Crippen molar-refractivity contribution in [2.24, 2.45) is 0 Å². The van der Waals surface area contributed by atoms with E-state index in [9.17, 15) is 5.11 Å². The topological polar surface area (TPSA) is 41.5 Å². The maximum absolute atomic E-state index is 9.92. The fraction of sp³-hybridized carbons (Fsp3) is 0.412. The lowest BCUT2D eigenvalue weighted by Crippen LogP contribution is -2.36. The first-order valence-electron chi connectivity index (χ1n) is 7.29. The van der Waals surface area contributed by atoms with E-state index in [1.807, 2.05) is 30.3 Å². The Hall–Kier alpha value is -1.20. The number of ether oxygens (including phenoxy) is 1. The number of nitrogens with one attached hydrogen (secondary N) is 1. The number of aliphatic hydroxyl groups excluding tert-OH is 1. The monoisotopic (exact) mass is 305 g/mol. The first-order chi connectivity index (χ1) is 10.2. The maximum atomic E-state index is 9.92. The molecule has 0 spiro atoms. The van der Waals surface area contributed by atoms with Crippen molar-refractivity contribution >= 4 is 11.3 Å². The van der Waals surface area contributed by atoms with Crippen LogP contribution in [0.15, 0.2) is 47.8 Å². The van der Waals surface area contributed by atoms with E-state index in [0.29, 0.717) is 25.8 Å². The molecule has 0 aliphatic carbocycles. The fourth-order valence-corrected chi connectivity index (χ4v) is 2.92. The number of rotatable bonds is 9. The average Bonchev–Trinajstić information content (AvgIpc) is 2.99. The number of hydrogen-bond acceptors (Lipinski definition) is 4. The van der Waals surface area contributed by atoms with Gasteiger partial charge in [0.1, 0.15) is 0 Å². The summed E-state index contributed by atoms with van der Waals surface area (Å²) in [7, 11) is 0. The second kappa shape index (κ2) is 8.95. The highest BCUT2D eigenvalue weighted by Crippen LogP contribution is 2.10. The first-order valence-corrected chi connectivity index (χ1v) is 8.17. The van der Waals surface area contributed by atoms with Gasteiger partial charge in [-0.25, -0.2) is 0 Å². The van der Waals surface area contributed by atoms with E-state index in [1.54, 1.807) is 11.3 Å². The third-order valence-electron chi connectivity index (χ3n) is 3.21. The summed E-state index contributed by atoms with van der Waals surface area (Å²) in [6.07, 6.45) is 0.523. The van der Waals surface area contributed by atoms with Gasteiger partial charge in [0.2, 0.25) is 0 Å². The molecule has 21 heavy (non-hydrogen) atoms. The van der Waals surface area contributed by atoms with Gasteiger partial charge in [0, 0.05) is 17.5 Å². The van der Waals surface area contributed by atoms with Crippen molar-refractivity contribution in [3.8, 4) is 0 Å². The molecule has 0 saturated heterocycles. The summed E-state index contributed by atoms with van der Waals surface area (Å²) in [6, 6.07) is 14.6. The van der Waals surface area contributed by atoms with Gasteiger partial charge in [-0.3, -0.25) is 0 Å². The normalized spacial score (nSPS) is 14.0. The summed E-state index contributed by atoms with van der Waals surface area (Å²) in [6.45, 7) is 3.59. The van der Waals surface area contributed by atoms with Crippen LogP contribution >= 0.6 is 11.3 Å². The lowest BCUT2D eigenvalue weighted by atomic mass is 10.2. The second-order valence-corrected chi connectivity index (χ2v) is 6.28. The lowest BCUT2D eigenvalue weighted by molar-refractivity contribution is 0.0278. The molecule has 0 amide bonds. The van der Waals surface area contributed by atoms with Gasteiger partial charge in [-0.15, -0.1) is 11.3 Å². The number of hydrogen-bond donors (Lipinski definition) is 2. The molecule has 4 heteroatoms. The third kappa shape index (κ3) is 6.40. The van der Waals surface area contributed by atoms with E-state index >= 15 is 0 Å². The molecule has 2 rings (SSSR count). The van der Waals surface area contributed by atoms with Crippen molar-refractivity contribution in [2.45, 2.75) is 32.1 Å². The molecule has 2 N–H and O–H groups in total. The second-order valence-electron chi connectivity index (χ2n) is 5.25. The van der Waals surface area contributed by atoms with Crippen LogP contribution in [-0.2, 0) is 17.8 Å². The van der Waals surface area contributed by atoms with Crippen LogP contribution in [-0.4, -0.2) is 30.4 Å². The number of aliphatic hydroxyl groups is 1. The SMILES string of the molecule is CC(Cc1cccs1)NCC(O)COCc1ccccc1. The predicted octanol–water partition coefficient (Wildman–Crippen LogP) is 2.85. The summed E-state index contributed by atoms with van der Waals surface area (Å²) in [4.78, 5) is 1.37. The highest BCUT2D eigenvalue weighted by Gasteiger charge is 2.08. The van der Waals surface area contributed by atoms with Crippen LogP contribution in [0.5, 0.6) is 0 Å². The van der Waals surface area contributed by atoms with E-state index in [-0.39, 0.29) is 0 Å². The summed E-state index contributed by atoms with van der Waals surface area (Å²) < 4.78 is 5.53. The van der Waals surface area contributed by atoms with Gasteiger partial charge in [-0.05, 0) is 30.4 Å². The molecule has 1 aromatic heterocycles. The van der Waals surface area contributed by atoms with Gasteiger partial charge in [-0.2, -0.15) is 0 Å². The number of thiophene rings is 1. The van der Waals surface area contributed by atoms with Crippen LogP contribution in [0, 0.1) is 0 Å². The molecule has 1 heterocycles. The highest BCUT2D eigenvalue weighted by molar-refractivity contribution is 7.09. The molecule has 0 saturated carbocycles. The van der Waals surface area contributed by atoms with E-state index < -0.39 is 6.10 Å². The van der Waals surface area contributed by atoms with Crippen molar-refractivity contribution in [3.05, 3.63) is 58.3 Å². The molecule has 0 bridgehead atoms. The van der Waals surface area contributed by atoms with Crippen LogP contribution in [0.1, 0.15) is 17.4 Å². The lowest BCUT2D eigenvalue weighted by Gasteiger charge is -2.17. The zero-order chi connectivity index (χ0) is 14.9. The van der Waals surface area contributed by atoms with Crippen molar-refractivity contribution in [3.63, 3.8) is 0 Å². The van der Waals surface area contributed by atoms with Crippen molar-refractivity contribution in [2.75, 3.05) is 13.2 Å². The Morgan fingerprint density at radius 3 is 2.71 bits per heavy atom. The Bertz CT molecular complexity index is 487. The average molecular weight is 305 g/mol. The Balaban J connectivity index is 1.58. The predicted molar refractivity (Wildman–Crippen MR) is 87.6 cm³/mol. The number of benzene rings is 1. The van der Waals surface area contributed by atoms with Crippen molar-refractivity contribution < 1.29 is 9.84 Å². The summed E-state index contributed by atoms with van der Waals surface area (Å²) in [5, 5.41) is 15.4. The molecule has 2 atom stereocenters. The smallest absolute Gasteiger partial charge is 0.0897 e. The zero-order valence-corrected chi connectivity index (χ0v) is 13.2.